The van der Waals surface area contributed by atoms with Crippen molar-refractivity contribution in [3.05, 3.63) is 45.4 Å². The van der Waals surface area contributed by atoms with Crippen molar-refractivity contribution in [3.63, 3.8) is 0 Å². The highest BCUT2D eigenvalue weighted by atomic mass is 32.1. The maximum atomic E-state index is 13.8. The van der Waals surface area contributed by atoms with Crippen molar-refractivity contribution in [3.8, 4) is 5.75 Å². The Morgan fingerprint density at radius 3 is 2.73 bits per heavy atom. The minimum atomic E-state index is -0.513. The Balaban J connectivity index is 1.69. The van der Waals surface area contributed by atoms with Crippen molar-refractivity contribution in [1.82, 2.24) is 4.90 Å². The first-order chi connectivity index (χ1) is 12.4. The summed E-state index contributed by atoms with van der Waals surface area (Å²) in [6, 6.07) is 6.26. The number of aryl methyl sites for hydroxylation is 1. The summed E-state index contributed by atoms with van der Waals surface area (Å²) in [5.74, 6) is -0.710. The third kappa shape index (κ3) is 3.72. The molecule has 3 rings (SSSR count). The molecule has 0 radical (unpaired) electrons. The summed E-state index contributed by atoms with van der Waals surface area (Å²) in [5.41, 5.74) is 1.47. The van der Waals surface area contributed by atoms with Crippen molar-refractivity contribution >= 4 is 28.8 Å². The lowest BCUT2D eigenvalue weighted by molar-refractivity contribution is -0.120. The monoisotopic (exact) mass is 376 g/mol. The van der Waals surface area contributed by atoms with Gasteiger partial charge >= 0.3 is 0 Å². The first-order valence-electron chi connectivity index (χ1n) is 8.36. The van der Waals surface area contributed by atoms with Crippen molar-refractivity contribution in [2.24, 2.45) is 5.92 Å². The van der Waals surface area contributed by atoms with Gasteiger partial charge in [-0.05, 0) is 43.0 Å². The molecule has 1 heterocycles. The summed E-state index contributed by atoms with van der Waals surface area (Å²) in [4.78, 5) is 28.1. The molecular formula is C19H21FN2O3S. The number of nitrogens with one attached hydrogen (secondary N) is 1. The lowest BCUT2D eigenvalue weighted by atomic mass is 9.87. The van der Waals surface area contributed by atoms with Gasteiger partial charge in [0.25, 0.3) is 5.91 Å². The number of carbonyl (C=O) groups is 2. The Morgan fingerprint density at radius 1 is 1.31 bits per heavy atom. The molecule has 1 unspecified atom stereocenters. The molecule has 1 N–H and O–H groups in total. The maximum Gasteiger partial charge on any atom is 0.263 e. The van der Waals surface area contributed by atoms with E-state index in [-0.39, 0.29) is 23.5 Å². The van der Waals surface area contributed by atoms with Crippen molar-refractivity contribution < 1.29 is 18.7 Å². The second kappa shape index (κ2) is 7.45. The lowest BCUT2D eigenvalue weighted by Crippen LogP contribution is -2.27. The average Bonchev–Trinajstić information content (AvgIpc) is 3.04. The van der Waals surface area contributed by atoms with Crippen LogP contribution < -0.4 is 10.1 Å². The molecule has 1 aliphatic carbocycles. The van der Waals surface area contributed by atoms with Crippen LogP contribution in [0.4, 0.5) is 10.1 Å². The summed E-state index contributed by atoms with van der Waals surface area (Å²) in [6.07, 6.45) is 2.08. The number of fused-ring (bicyclic) bond motifs is 1. The summed E-state index contributed by atoms with van der Waals surface area (Å²) in [6.45, 7) is 0. The van der Waals surface area contributed by atoms with Crippen molar-refractivity contribution in [2.75, 3.05) is 26.5 Å². The summed E-state index contributed by atoms with van der Waals surface area (Å²) < 4.78 is 18.7. The zero-order valence-corrected chi connectivity index (χ0v) is 15.8. The number of rotatable bonds is 4. The highest BCUT2D eigenvalue weighted by molar-refractivity contribution is 7.14. The number of halogens is 1. The Hall–Kier alpha value is -2.41. The van der Waals surface area contributed by atoms with Gasteiger partial charge in [-0.2, -0.15) is 0 Å². The third-order valence-corrected chi connectivity index (χ3v) is 5.71. The number of hydrogen-bond donors (Lipinski definition) is 1. The zero-order valence-electron chi connectivity index (χ0n) is 15.0. The molecule has 0 bridgehead atoms. The molecule has 0 saturated carbocycles. The number of amides is 2. The van der Waals surface area contributed by atoms with Gasteiger partial charge in [0.05, 0.1) is 12.0 Å². The first kappa shape index (κ1) is 18.4. The van der Waals surface area contributed by atoms with Crippen LogP contribution in [0.25, 0.3) is 0 Å². The molecule has 0 spiro atoms. The van der Waals surface area contributed by atoms with Gasteiger partial charge in [-0.1, -0.05) is 0 Å². The van der Waals surface area contributed by atoms with Gasteiger partial charge in [-0.15, -0.1) is 11.3 Å². The Kier molecular flexibility index (Phi) is 5.27. The van der Waals surface area contributed by atoms with Crippen LogP contribution in [0.3, 0.4) is 0 Å². The van der Waals surface area contributed by atoms with Gasteiger partial charge in [0.1, 0.15) is 0 Å². The molecular weight excluding hydrogens is 355 g/mol. The van der Waals surface area contributed by atoms with E-state index in [0.717, 1.165) is 12.0 Å². The van der Waals surface area contributed by atoms with Gasteiger partial charge in [-0.25, -0.2) is 4.39 Å². The molecule has 0 saturated heterocycles. The van der Waals surface area contributed by atoms with E-state index in [4.69, 9.17) is 4.74 Å². The standard InChI is InChI=1S/C19H21FN2O3S/c1-22(2)19(24)17-9-12-8-11(4-7-16(12)26-17)18(23)21-13-5-6-15(25-3)14(20)10-13/h5-6,9-11H,4,7-8H2,1-3H3,(H,21,23). The van der Waals surface area contributed by atoms with Crippen LogP contribution in [-0.4, -0.2) is 37.9 Å². The molecule has 7 heteroatoms. The van der Waals surface area contributed by atoms with Gasteiger partial charge < -0.3 is 15.0 Å². The number of methoxy groups -OCH3 is 1. The van der Waals surface area contributed by atoms with Gasteiger partial charge in [0, 0.05) is 36.6 Å². The van der Waals surface area contributed by atoms with E-state index in [1.54, 1.807) is 25.1 Å². The molecule has 1 atom stereocenters. The minimum Gasteiger partial charge on any atom is -0.494 e. The molecule has 138 valence electrons. The van der Waals surface area contributed by atoms with Gasteiger partial charge in [0.15, 0.2) is 11.6 Å². The van der Waals surface area contributed by atoms with Crippen LogP contribution in [0, 0.1) is 11.7 Å². The number of nitrogens with zero attached hydrogens (tertiary/aromatic N) is 1. The predicted molar refractivity (Wildman–Crippen MR) is 99.4 cm³/mol. The zero-order chi connectivity index (χ0) is 18.8. The summed E-state index contributed by atoms with van der Waals surface area (Å²) in [5, 5.41) is 2.78. The quantitative estimate of drug-likeness (QED) is 0.890. The molecule has 1 aromatic carbocycles. The van der Waals surface area contributed by atoms with Crippen LogP contribution in [0.15, 0.2) is 24.3 Å². The number of hydrogen-bond acceptors (Lipinski definition) is 4. The van der Waals surface area contributed by atoms with Crippen molar-refractivity contribution in [1.29, 1.82) is 0 Å². The summed E-state index contributed by atoms with van der Waals surface area (Å²) >= 11 is 1.51. The topological polar surface area (TPSA) is 58.6 Å². The normalized spacial score (nSPS) is 15.9. The number of anilines is 1. The van der Waals surface area contributed by atoms with Crippen LogP contribution in [0.1, 0.15) is 26.5 Å². The number of ether oxygens (including phenoxy) is 1. The number of benzene rings is 1. The fourth-order valence-corrected chi connectivity index (χ4v) is 4.29. The molecule has 2 aromatic rings. The predicted octanol–water partition coefficient (Wildman–Crippen LogP) is 3.34. The van der Waals surface area contributed by atoms with E-state index < -0.39 is 5.82 Å². The third-order valence-electron chi connectivity index (χ3n) is 4.49. The van der Waals surface area contributed by atoms with Gasteiger partial charge in [-0.3, -0.25) is 9.59 Å². The van der Waals surface area contributed by atoms with Crippen LogP contribution in [0.5, 0.6) is 5.75 Å². The Bertz CT molecular complexity index is 847. The average molecular weight is 376 g/mol. The summed E-state index contributed by atoms with van der Waals surface area (Å²) in [7, 11) is 4.85. The largest absolute Gasteiger partial charge is 0.494 e. The highest BCUT2D eigenvalue weighted by Gasteiger charge is 2.28. The smallest absolute Gasteiger partial charge is 0.263 e. The molecule has 0 aliphatic heterocycles. The van der Waals surface area contributed by atoms with E-state index in [0.29, 0.717) is 23.4 Å². The Labute approximate surface area is 155 Å². The molecule has 1 aliphatic rings. The maximum absolute atomic E-state index is 13.8. The van der Waals surface area contributed by atoms with E-state index in [2.05, 4.69) is 5.32 Å². The van der Waals surface area contributed by atoms with E-state index >= 15 is 0 Å². The second-order valence-corrected chi connectivity index (χ2v) is 7.67. The second-order valence-electron chi connectivity index (χ2n) is 6.54. The van der Waals surface area contributed by atoms with E-state index in [1.165, 1.54) is 35.5 Å². The molecule has 5 nitrogen and oxygen atoms in total. The van der Waals surface area contributed by atoms with Crippen LogP contribution in [0.2, 0.25) is 0 Å². The SMILES string of the molecule is COc1ccc(NC(=O)C2CCc3sc(C(=O)N(C)C)cc3C2)cc1F. The first-order valence-corrected chi connectivity index (χ1v) is 9.18. The van der Waals surface area contributed by atoms with E-state index in [9.17, 15) is 14.0 Å². The highest BCUT2D eigenvalue weighted by Crippen LogP contribution is 2.33. The van der Waals surface area contributed by atoms with Gasteiger partial charge in [0.2, 0.25) is 5.91 Å². The molecule has 0 fully saturated rings. The fourth-order valence-electron chi connectivity index (χ4n) is 3.06. The lowest BCUT2D eigenvalue weighted by Gasteiger charge is -2.21. The number of carbonyl (C=O) groups excluding carboxylic acids is 2. The number of thiophene rings is 1. The van der Waals surface area contributed by atoms with Crippen LogP contribution in [-0.2, 0) is 17.6 Å². The minimum absolute atomic E-state index is 0.0147. The molecule has 1 aromatic heterocycles. The Morgan fingerprint density at radius 2 is 2.08 bits per heavy atom. The molecule has 26 heavy (non-hydrogen) atoms. The van der Waals surface area contributed by atoms with Crippen LogP contribution >= 0.6 is 11.3 Å². The van der Waals surface area contributed by atoms with E-state index in [1.807, 2.05) is 6.07 Å². The fraction of sp³-hybridized carbons (Fsp3) is 0.368. The van der Waals surface area contributed by atoms with Crippen molar-refractivity contribution in [2.45, 2.75) is 19.3 Å². The molecule has 2 amide bonds.